The fraction of sp³-hybridized carbons (Fsp3) is 0.286. The predicted molar refractivity (Wildman–Crippen MR) is 113 cm³/mol. The lowest BCUT2D eigenvalue weighted by Gasteiger charge is -2.22. The number of hydrogen-bond donors (Lipinski definition) is 2. The van der Waals surface area contributed by atoms with E-state index < -0.39 is 40.0 Å². The van der Waals surface area contributed by atoms with Crippen molar-refractivity contribution in [3.05, 3.63) is 65.2 Å². The quantitative estimate of drug-likeness (QED) is 0.654. The Morgan fingerprint density at radius 1 is 1.10 bits per heavy atom. The van der Waals surface area contributed by atoms with Gasteiger partial charge in [0, 0.05) is 7.05 Å². The largest absolute Gasteiger partial charge is 0.344 e. The zero-order chi connectivity index (χ0) is 23.0. The lowest BCUT2D eigenvalue weighted by Crippen LogP contribution is -2.50. The summed E-state index contributed by atoms with van der Waals surface area (Å²) in [5, 5.41) is 3.14. The summed E-state index contributed by atoms with van der Waals surface area (Å²) in [6.45, 7) is 4.62. The highest BCUT2D eigenvalue weighted by Crippen LogP contribution is 2.27. The van der Waals surface area contributed by atoms with E-state index in [0.717, 1.165) is 15.4 Å². The van der Waals surface area contributed by atoms with E-state index in [2.05, 4.69) is 10.7 Å². The van der Waals surface area contributed by atoms with Gasteiger partial charge in [0.2, 0.25) is 10.0 Å². The summed E-state index contributed by atoms with van der Waals surface area (Å²) in [5.74, 6) is -1.49. The zero-order valence-electron chi connectivity index (χ0n) is 17.7. The van der Waals surface area contributed by atoms with Crippen LogP contribution in [0.5, 0.6) is 0 Å². The van der Waals surface area contributed by atoms with Gasteiger partial charge in [-0.1, -0.05) is 36.4 Å². The van der Waals surface area contributed by atoms with E-state index >= 15 is 0 Å². The van der Waals surface area contributed by atoms with Crippen LogP contribution in [0.2, 0.25) is 0 Å². The van der Waals surface area contributed by atoms with E-state index in [0.29, 0.717) is 10.6 Å². The maximum absolute atomic E-state index is 12.8. The Hall–Kier alpha value is -3.24. The number of hydrazine groups is 1. The number of amides is 4. The maximum atomic E-state index is 12.8. The highest BCUT2D eigenvalue weighted by molar-refractivity contribution is 7.89. The van der Waals surface area contributed by atoms with Crippen molar-refractivity contribution in [2.75, 3.05) is 13.6 Å². The third-order valence-electron chi connectivity index (χ3n) is 5.33. The lowest BCUT2D eigenvalue weighted by atomic mass is 9.92. The molecular formula is C21H24N4O5S. The molecule has 1 saturated heterocycles. The van der Waals surface area contributed by atoms with Crippen molar-refractivity contribution in [3.63, 3.8) is 0 Å². The molecule has 10 heteroatoms. The first-order valence-electron chi connectivity index (χ1n) is 9.52. The molecule has 1 fully saturated rings. The van der Waals surface area contributed by atoms with Crippen molar-refractivity contribution in [1.82, 2.24) is 20.1 Å². The second kappa shape index (κ2) is 8.12. The molecule has 1 aliphatic rings. The van der Waals surface area contributed by atoms with Gasteiger partial charge in [0.05, 0.1) is 11.4 Å². The monoisotopic (exact) mass is 444 g/mol. The summed E-state index contributed by atoms with van der Waals surface area (Å²) in [6.07, 6.45) is 0. The van der Waals surface area contributed by atoms with Crippen molar-refractivity contribution in [3.8, 4) is 0 Å². The molecule has 2 aromatic rings. The van der Waals surface area contributed by atoms with Crippen LogP contribution in [0.4, 0.5) is 4.79 Å². The molecule has 0 aliphatic carbocycles. The molecule has 0 unspecified atom stereocenters. The van der Waals surface area contributed by atoms with Crippen LogP contribution in [0.1, 0.15) is 23.6 Å². The SMILES string of the molecule is Cc1ccc(S(=O)(=O)N(C)CC(=O)NN2C(=O)N[C@](C)(c3ccccc3)C2=O)cc1C. The smallest absolute Gasteiger partial charge is 0.318 e. The normalized spacial score (nSPS) is 18.9. The van der Waals surface area contributed by atoms with Crippen LogP contribution in [0.3, 0.4) is 0 Å². The van der Waals surface area contributed by atoms with Crippen LogP contribution in [0, 0.1) is 13.8 Å². The number of aryl methyl sites for hydroxylation is 2. The summed E-state index contributed by atoms with van der Waals surface area (Å²) in [4.78, 5) is 37.7. The van der Waals surface area contributed by atoms with Crippen LogP contribution in [-0.2, 0) is 25.2 Å². The highest BCUT2D eigenvalue weighted by atomic mass is 32.2. The Morgan fingerprint density at radius 2 is 1.74 bits per heavy atom. The number of imide groups is 1. The molecule has 4 amide bonds. The van der Waals surface area contributed by atoms with E-state index in [4.69, 9.17) is 0 Å². The van der Waals surface area contributed by atoms with Crippen molar-refractivity contribution in [1.29, 1.82) is 0 Å². The summed E-state index contributed by atoms with van der Waals surface area (Å²) >= 11 is 0. The Labute approximate surface area is 181 Å². The molecule has 1 atom stereocenters. The second-order valence-electron chi connectivity index (χ2n) is 7.60. The fourth-order valence-corrected chi connectivity index (χ4v) is 4.42. The molecule has 31 heavy (non-hydrogen) atoms. The Bertz CT molecular complexity index is 1150. The van der Waals surface area contributed by atoms with E-state index in [9.17, 15) is 22.8 Å². The number of hydrogen-bond acceptors (Lipinski definition) is 5. The third-order valence-corrected chi connectivity index (χ3v) is 7.13. The molecule has 9 nitrogen and oxygen atoms in total. The molecule has 0 aromatic heterocycles. The van der Waals surface area contributed by atoms with Crippen molar-refractivity contribution < 1.29 is 22.8 Å². The number of sulfonamides is 1. The van der Waals surface area contributed by atoms with E-state index in [1.807, 2.05) is 6.92 Å². The number of carbonyl (C=O) groups is 3. The molecule has 0 saturated carbocycles. The second-order valence-corrected chi connectivity index (χ2v) is 9.65. The number of rotatable bonds is 6. The number of benzene rings is 2. The Balaban J connectivity index is 1.72. The standard InChI is InChI=1S/C21H24N4O5S/c1-14-10-11-17(12-15(14)2)31(29,30)24(4)13-18(26)23-25-19(27)21(3,22-20(25)28)16-8-6-5-7-9-16/h5-12H,13H2,1-4H3,(H,22,28)(H,23,26)/t21-/m1/s1. The first-order valence-corrected chi connectivity index (χ1v) is 11.0. The summed E-state index contributed by atoms with van der Waals surface area (Å²) < 4.78 is 26.4. The number of carbonyl (C=O) groups excluding carboxylic acids is 3. The van der Waals surface area contributed by atoms with Crippen LogP contribution in [0.25, 0.3) is 0 Å². The summed E-state index contributed by atoms with van der Waals surface area (Å²) in [6, 6.07) is 12.5. The minimum absolute atomic E-state index is 0.0533. The molecule has 3 rings (SSSR count). The van der Waals surface area contributed by atoms with Gasteiger partial charge in [-0.2, -0.15) is 9.31 Å². The molecule has 2 aromatic carbocycles. The highest BCUT2D eigenvalue weighted by Gasteiger charge is 2.50. The molecule has 1 heterocycles. The number of nitrogens with one attached hydrogen (secondary N) is 2. The van der Waals surface area contributed by atoms with Gasteiger partial charge >= 0.3 is 6.03 Å². The topological polar surface area (TPSA) is 116 Å². The first kappa shape index (κ1) is 22.4. The van der Waals surface area contributed by atoms with Gasteiger partial charge in [-0.3, -0.25) is 15.0 Å². The number of urea groups is 1. The molecular weight excluding hydrogens is 420 g/mol. The first-order chi connectivity index (χ1) is 14.5. The maximum Gasteiger partial charge on any atom is 0.344 e. The van der Waals surface area contributed by atoms with Gasteiger partial charge < -0.3 is 5.32 Å². The van der Waals surface area contributed by atoms with E-state index in [1.54, 1.807) is 43.3 Å². The summed E-state index contributed by atoms with van der Waals surface area (Å²) in [5.41, 5.74) is 3.16. The molecule has 0 radical (unpaired) electrons. The van der Waals surface area contributed by atoms with Crippen molar-refractivity contribution >= 4 is 27.9 Å². The minimum Gasteiger partial charge on any atom is -0.318 e. The van der Waals surface area contributed by atoms with Crippen LogP contribution in [0.15, 0.2) is 53.4 Å². The molecule has 0 spiro atoms. The van der Waals surface area contributed by atoms with Crippen LogP contribution in [-0.4, -0.2) is 49.2 Å². The van der Waals surface area contributed by atoms with Crippen molar-refractivity contribution in [2.24, 2.45) is 0 Å². The van der Waals surface area contributed by atoms with E-state index in [-0.39, 0.29) is 4.90 Å². The molecule has 164 valence electrons. The van der Waals surface area contributed by atoms with Gasteiger partial charge in [-0.05, 0) is 49.6 Å². The predicted octanol–water partition coefficient (Wildman–Crippen LogP) is 1.42. The van der Waals surface area contributed by atoms with Gasteiger partial charge in [0.15, 0.2) is 0 Å². The minimum atomic E-state index is -3.93. The zero-order valence-corrected chi connectivity index (χ0v) is 18.5. The van der Waals surface area contributed by atoms with E-state index in [1.165, 1.54) is 26.1 Å². The summed E-state index contributed by atoms with van der Waals surface area (Å²) in [7, 11) is -2.68. The van der Waals surface area contributed by atoms with Gasteiger partial charge in [0.1, 0.15) is 5.54 Å². The fourth-order valence-electron chi connectivity index (χ4n) is 3.21. The average Bonchev–Trinajstić information content (AvgIpc) is 2.94. The van der Waals surface area contributed by atoms with Gasteiger partial charge in [0.25, 0.3) is 11.8 Å². The number of nitrogens with zero attached hydrogens (tertiary/aromatic N) is 2. The molecule has 0 bridgehead atoms. The van der Waals surface area contributed by atoms with Gasteiger partial charge in [-0.25, -0.2) is 13.2 Å². The molecule has 2 N–H and O–H groups in total. The van der Waals surface area contributed by atoms with Crippen molar-refractivity contribution in [2.45, 2.75) is 31.2 Å². The Kier molecular flexibility index (Phi) is 5.88. The van der Waals surface area contributed by atoms with Crippen LogP contribution >= 0.6 is 0 Å². The molecule has 1 aliphatic heterocycles. The average molecular weight is 445 g/mol. The third kappa shape index (κ3) is 4.17. The lowest BCUT2D eigenvalue weighted by molar-refractivity contribution is -0.138. The van der Waals surface area contributed by atoms with Crippen LogP contribution < -0.4 is 10.7 Å². The number of likely N-dealkylation sites (N-methyl/N-ethyl adjacent to an activating group) is 1. The Morgan fingerprint density at radius 3 is 2.35 bits per heavy atom. The van der Waals surface area contributed by atoms with Gasteiger partial charge in [-0.15, -0.1) is 0 Å².